The second-order valence-corrected chi connectivity index (χ2v) is 8.38. The van der Waals surface area contributed by atoms with E-state index in [4.69, 9.17) is 4.74 Å². The molecule has 1 heterocycles. The van der Waals surface area contributed by atoms with Crippen LogP contribution in [0.25, 0.3) is 0 Å². The summed E-state index contributed by atoms with van der Waals surface area (Å²) in [7, 11) is 0. The average molecular weight is 586 g/mol. The second-order valence-electron chi connectivity index (χ2n) is 8.38. The number of aliphatic hydroxyl groups is 2. The van der Waals surface area contributed by atoms with Gasteiger partial charge in [-0.3, -0.25) is 0 Å². The molecule has 1 fully saturated rings. The first-order valence-electron chi connectivity index (χ1n) is 10.3. The van der Waals surface area contributed by atoms with Gasteiger partial charge in [-0.2, -0.15) is 0 Å². The SMILES string of the molecule is CCCCC(C)(O)C/C=C/[C@@H]1[C@H]2c3cccc(CCC)c3O[C@H]2C[C@H]1O.[Ac]. The molecule has 0 bridgehead atoms. The minimum Gasteiger partial charge on any atom is -0.489 e. The van der Waals surface area contributed by atoms with Crippen LogP contribution in [0.2, 0.25) is 0 Å². The molecular formula is C23H34AcO3. The summed E-state index contributed by atoms with van der Waals surface area (Å²) in [5.41, 5.74) is 1.89. The van der Waals surface area contributed by atoms with E-state index in [1.165, 1.54) is 11.1 Å². The molecule has 1 aromatic carbocycles. The summed E-state index contributed by atoms with van der Waals surface area (Å²) in [6, 6.07) is 6.45. The predicted molar refractivity (Wildman–Crippen MR) is 106 cm³/mol. The first kappa shape index (κ1) is 23.4. The Morgan fingerprint density at radius 2 is 2.04 bits per heavy atom. The Labute approximate surface area is 200 Å². The second kappa shape index (κ2) is 10.2. The number of para-hydroxylation sites is 1. The summed E-state index contributed by atoms with van der Waals surface area (Å²) >= 11 is 0. The van der Waals surface area contributed by atoms with Crippen LogP contribution in [0.1, 0.15) is 76.3 Å². The molecule has 1 aromatic rings. The zero-order valence-electron chi connectivity index (χ0n) is 17.0. The first-order valence-corrected chi connectivity index (χ1v) is 10.3. The monoisotopic (exact) mass is 585 g/mol. The first-order chi connectivity index (χ1) is 12.5. The summed E-state index contributed by atoms with van der Waals surface area (Å²) in [5.74, 6) is 1.36. The molecule has 0 spiro atoms. The Balaban J connectivity index is 0.00000261. The summed E-state index contributed by atoms with van der Waals surface area (Å²) in [6.45, 7) is 6.24. The fraction of sp³-hybridized carbons (Fsp3) is 0.652. The molecule has 1 unspecified atom stereocenters. The van der Waals surface area contributed by atoms with Gasteiger partial charge in [-0.05, 0) is 31.7 Å². The number of benzene rings is 1. The number of hydrogen-bond donors (Lipinski definition) is 2. The molecule has 3 rings (SSSR count). The third-order valence-corrected chi connectivity index (χ3v) is 5.99. The number of aliphatic hydroxyl groups excluding tert-OH is 1. The number of ether oxygens (including phenoxy) is 1. The molecule has 3 nitrogen and oxygen atoms in total. The van der Waals surface area contributed by atoms with Crippen molar-refractivity contribution in [2.75, 3.05) is 0 Å². The Hall–Kier alpha value is 0.122. The molecular weight excluding hydrogens is 551 g/mol. The van der Waals surface area contributed by atoms with Gasteiger partial charge in [0.15, 0.2) is 0 Å². The summed E-state index contributed by atoms with van der Waals surface area (Å²) < 4.78 is 6.27. The van der Waals surface area contributed by atoms with E-state index >= 15 is 0 Å². The standard InChI is InChI=1S/C23H34O3.Ac/c1-4-6-13-23(3,25)14-8-12-17-19(24)15-20-21(17)18-11-7-10-16(9-5-2)22(18)26-20;/h7-8,10-12,17,19-21,24-25H,4-6,9,13-15H2,1-3H3;/b12-8+;/t17-,19+,20-,21-,23?;/m0./s1. The molecule has 2 N–H and O–H groups in total. The zero-order valence-corrected chi connectivity index (χ0v) is 21.8. The largest absolute Gasteiger partial charge is 0.489 e. The van der Waals surface area contributed by atoms with Crippen molar-refractivity contribution in [2.24, 2.45) is 5.92 Å². The fourth-order valence-electron chi connectivity index (χ4n) is 4.57. The maximum atomic E-state index is 10.6. The van der Waals surface area contributed by atoms with Crippen LogP contribution in [0, 0.1) is 50.0 Å². The summed E-state index contributed by atoms with van der Waals surface area (Å²) in [6.07, 6.45) is 10.3. The van der Waals surface area contributed by atoms with Crippen LogP contribution in [0.3, 0.4) is 0 Å². The van der Waals surface area contributed by atoms with Gasteiger partial charge in [-0.1, -0.05) is 63.5 Å². The van der Waals surface area contributed by atoms with E-state index in [9.17, 15) is 10.2 Å². The number of hydrogen-bond acceptors (Lipinski definition) is 3. The van der Waals surface area contributed by atoms with Crippen LogP contribution in [0.5, 0.6) is 5.75 Å². The fourth-order valence-corrected chi connectivity index (χ4v) is 4.57. The van der Waals surface area contributed by atoms with Gasteiger partial charge < -0.3 is 14.9 Å². The smallest absolute Gasteiger partial charge is 0.126 e. The molecule has 1 aliphatic carbocycles. The molecule has 1 saturated carbocycles. The van der Waals surface area contributed by atoms with Gasteiger partial charge in [0.25, 0.3) is 0 Å². The van der Waals surface area contributed by atoms with Crippen LogP contribution in [0.15, 0.2) is 30.4 Å². The van der Waals surface area contributed by atoms with Crippen molar-refractivity contribution in [3.63, 3.8) is 0 Å². The van der Waals surface area contributed by atoms with Gasteiger partial charge in [0, 0.05) is 67.9 Å². The Morgan fingerprint density at radius 3 is 2.74 bits per heavy atom. The molecule has 0 saturated heterocycles. The molecule has 1 radical (unpaired) electrons. The Morgan fingerprint density at radius 1 is 1.26 bits per heavy atom. The van der Waals surface area contributed by atoms with Crippen LogP contribution in [-0.4, -0.2) is 28.0 Å². The van der Waals surface area contributed by atoms with Crippen molar-refractivity contribution >= 4 is 0 Å². The maximum absolute atomic E-state index is 10.6. The van der Waals surface area contributed by atoms with Gasteiger partial charge in [-0.15, -0.1) is 0 Å². The van der Waals surface area contributed by atoms with E-state index in [0.717, 1.165) is 37.9 Å². The van der Waals surface area contributed by atoms with Crippen molar-refractivity contribution in [1.82, 2.24) is 0 Å². The molecule has 1 aliphatic heterocycles. The molecule has 2 aliphatic rings. The molecule has 147 valence electrons. The Bertz CT molecular complexity index is 641. The van der Waals surface area contributed by atoms with E-state index in [0.29, 0.717) is 12.8 Å². The van der Waals surface area contributed by atoms with Crippen molar-refractivity contribution in [1.29, 1.82) is 0 Å². The van der Waals surface area contributed by atoms with Gasteiger partial charge >= 0.3 is 0 Å². The van der Waals surface area contributed by atoms with E-state index in [2.05, 4.69) is 44.2 Å². The molecule has 0 aromatic heterocycles. The molecule has 0 amide bonds. The molecule has 4 heteroatoms. The third kappa shape index (κ3) is 5.39. The van der Waals surface area contributed by atoms with Crippen LogP contribution in [-0.2, 0) is 6.42 Å². The quantitative estimate of drug-likeness (QED) is 0.433. The number of unbranched alkanes of at least 4 members (excludes halogenated alkanes) is 1. The number of fused-ring (bicyclic) bond motifs is 3. The maximum Gasteiger partial charge on any atom is 0.126 e. The van der Waals surface area contributed by atoms with Crippen molar-refractivity contribution < 1.29 is 59.0 Å². The molecule has 27 heavy (non-hydrogen) atoms. The van der Waals surface area contributed by atoms with E-state index in [1.807, 2.05) is 6.92 Å². The minimum absolute atomic E-state index is 0. The summed E-state index contributed by atoms with van der Waals surface area (Å²) in [5, 5.41) is 21.1. The van der Waals surface area contributed by atoms with Crippen molar-refractivity contribution in [3.8, 4) is 5.75 Å². The van der Waals surface area contributed by atoms with Gasteiger partial charge in [0.2, 0.25) is 0 Å². The summed E-state index contributed by atoms with van der Waals surface area (Å²) in [4.78, 5) is 0. The molecule has 5 atom stereocenters. The van der Waals surface area contributed by atoms with E-state index in [-0.39, 0.29) is 68.1 Å². The van der Waals surface area contributed by atoms with Crippen LogP contribution >= 0.6 is 0 Å². The topological polar surface area (TPSA) is 49.7 Å². The van der Waals surface area contributed by atoms with Crippen LogP contribution < -0.4 is 4.74 Å². The third-order valence-electron chi connectivity index (χ3n) is 5.99. The van der Waals surface area contributed by atoms with Gasteiger partial charge in [-0.25, -0.2) is 0 Å². The van der Waals surface area contributed by atoms with E-state index in [1.54, 1.807) is 0 Å². The van der Waals surface area contributed by atoms with Crippen molar-refractivity contribution in [3.05, 3.63) is 41.5 Å². The normalized spacial score (nSPS) is 28.3. The average Bonchev–Trinajstić information content (AvgIpc) is 3.10. The van der Waals surface area contributed by atoms with Gasteiger partial charge in [0.1, 0.15) is 11.9 Å². The van der Waals surface area contributed by atoms with E-state index < -0.39 is 5.60 Å². The van der Waals surface area contributed by atoms with Crippen molar-refractivity contribution in [2.45, 2.75) is 89.4 Å². The zero-order chi connectivity index (χ0) is 18.7. The predicted octanol–water partition coefficient (Wildman–Crippen LogP) is 4.75. The Kier molecular flexibility index (Phi) is 8.88. The van der Waals surface area contributed by atoms with Crippen LogP contribution in [0.4, 0.5) is 0 Å². The number of rotatable bonds is 8. The minimum atomic E-state index is -0.659. The van der Waals surface area contributed by atoms with Gasteiger partial charge in [0.05, 0.1) is 11.7 Å². The number of aryl methyl sites for hydroxylation is 1.